The van der Waals surface area contributed by atoms with Crippen molar-refractivity contribution in [1.29, 1.82) is 0 Å². The Morgan fingerprint density at radius 2 is 1.30 bits per heavy atom. The molecule has 3 aromatic carbocycles. The second-order valence-corrected chi connectivity index (χ2v) is 5.72. The molecule has 0 amide bonds. The average Bonchev–Trinajstić information content (AvgIpc) is 2.97. The highest BCUT2D eigenvalue weighted by atomic mass is 15.0. The van der Waals surface area contributed by atoms with Crippen molar-refractivity contribution in [3.8, 4) is 5.69 Å². The highest BCUT2D eigenvalue weighted by Gasteiger charge is 2.14. The quantitative estimate of drug-likeness (QED) is 0.408. The summed E-state index contributed by atoms with van der Waals surface area (Å²) < 4.78 is 2.30. The van der Waals surface area contributed by atoms with Crippen molar-refractivity contribution in [2.45, 2.75) is 0 Å². The average molecular weight is 294 g/mol. The maximum Gasteiger partial charge on any atom is 0.0730 e. The summed E-state index contributed by atoms with van der Waals surface area (Å²) in [7, 11) is 0. The third-order valence-electron chi connectivity index (χ3n) is 4.43. The van der Waals surface area contributed by atoms with Gasteiger partial charge in [-0.05, 0) is 24.3 Å². The van der Waals surface area contributed by atoms with Gasteiger partial charge in [0.25, 0.3) is 0 Å². The number of benzene rings is 3. The van der Waals surface area contributed by atoms with Crippen LogP contribution in [0.2, 0.25) is 0 Å². The Morgan fingerprint density at radius 3 is 2.17 bits per heavy atom. The van der Waals surface area contributed by atoms with Crippen LogP contribution in [0.1, 0.15) is 0 Å². The van der Waals surface area contributed by atoms with E-state index in [4.69, 9.17) is 0 Å². The molecular formula is C21H14N2. The SMILES string of the molecule is c1ccc(-n2c3ccccc3c3c4ccccc4ncc32)cc1. The molecule has 0 aliphatic carbocycles. The number of aromatic nitrogens is 2. The lowest BCUT2D eigenvalue weighted by Crippen LogP contribution is -1.93. The summed E-state index contributed by atoms with van der Waals surface area (Å²) in [4.78, 5) is 4.67. The fraction of sp³-hybridized carbons (Fsp3) is 0. The maximum atomic E-state index is 4.67. The molecule has 2 heteroatoms. The molecule has 0 aliphatic heterocycles. The summed E-state index contributed by atoms with van der Waals surface area (Å²) >= 11 is 0. The van der Waals surface area contributed by atoms with Gasteiger partial charge in [0.15, 0.2) is 0 Å². The first-order valence-corrected chi connectivity index (χ1v) is 7.76. The molecule has 5 aromatic rings. The summed E-state index contributed by atoms with van der Waals surface area (Å²) in [5.41, 5.74) is 4.56. The predicted octanol–water partition coefficient (Wildman–Crippen LogP) is 5.33. The summed E-state index contributed by atoms with van der Waals surface area (Å²) in [6, 6.07) is 27.4. The van der Waals surface area contributed by atoms with Crippen LogP contribution in [-0.2, 0) is 0 Å². The van der Waals surface area contributed by atoms with Gasteiger partial charge >= 0.3 is 0 Å². The van der Waals surface area contributed by atoms with Crippen LogP contribution in [0.25, 0.3) is 38.4 Å². The van der Waals surface area contributed by atoms with Gasteiger partial charge in [0.1, 0.15) is 0 Å². The van der Waals surface area contributed by atoms with Crippen molar-refractivity contribution in [1.82, 2.24) is 9.55 Å². The third kappa shape index (κ3) is 1.72. The smallest absolute Gasteiger partial charge is 0.0730 e. The Bertz CT molecular complexity index is 1150. The first-order chi connectivity index (χ1) is 11.4. The van der Waals surface area contributed by atoms with Crippen molar-refractivity contribution in [3.63, 3.8) is 0 Å². The van der Waals surface area contributed by atoms with Crippen molar-refractivity contribution in [2.75, 3.05) is 0 Å². The van der Waals surface area contributed by atoms with Crippen LogP contribution in [0, 0.1) is 0 Å². The van der Waals surface area contributed by atoms with E-state index in [0.29, 0.717) is 0 Å². The van der Waals surface area contributed by atoms with E-state index in [9.17, 15) is 0 Å². The minimum atomic E-state index is 1.04. The second kappa shape index (κ2) is 4.68. The molecule has 108 valence electrons. The Balaban J connectivity index is 2.07. The van der Waals surface area contributed by atoms with E-state index in [2.05, 4.69) is 76.3 Å². The Morgan fingerprint density at radius 1 is 0.609 bits per heavy atom. The second-order valence-electron chi connectivity index (χ2n) is 5.72. The lowest BCUT2D eigenvalue weighted by molar-refractivity contribution is 1.17. The van der Waals surface area contributed by atoms with Crippen molar-refractivity contribution >= 4 is 32.7 Å². The fourth-order valence-electron chi connectivity index (χ4n) is 3.45. The molecular weight excluding hydrogens is 280 g/mol. The van der Waals surface area contributed by atoms with Gasteiger partial charge in [0, 0.05) is 21.8 Å². The van der Waals surface area contributed by atoms with Gasteiger partial charge < -0.3 is 4.57 Å². The minimum Gasteiger partial charge on any atom is -0.308 e. The summed E-state index contributed by atoms with van der Waals surface area (Å²) in [5, 5.41) is 3.75. The van der Waals surface area contributed by atoms with Crippen molar-refractivity contribution < 1.29 is 0 Å². The highest BCUT2D eigenvalue weighted by Crippen LogP contribution is 2.35. The molecule has 0 aliphatic rings. The van der Waals surface area contributed by atoms with Crippen molar-refractivity contribution in [2.24, 2.45) is 0 Å². The number of rotatable bonds is 1. The van der Waals surface area contributed by atoms with Gasteiger partial charge in [0.2, 0.25) is 0 Å². The normalized spacial score (nSPS) is 11.5. The molecule has 2 heterocycles. The van der Waals surface area contributed by atoms with Crippen LogP contribution in [0.3, 0.4) is 0 Å². The molecule has 2 aromatic heterocycles. The van der Waals surface area contributed by atoms with Crippen LogP contribution in [-0.4, -0.2) is 9.55 Å². The summed E-state index contributed by atoms with van der Waals surface area (Å²) in [5.74, 6) is 0. The van der Waals surface area contributed by atoms with Gasteiger partial charge in [-0.15, -0.1) is 0 Å². The van der Waals surface area contributed by atoms with E-state index < -0.39 is 0 Å². The van der Waals surface area contributed by atoms with E-state index in [0.717, 1.165) is 16.7 Å². The van der Waals surface area contributed by atoms with Crippen molar-refractivity contribution in [3.05, 3.63) is 85.1 Å². The van der Waals surface area contributed by atoms with Crippen LogP contribution < -0.4 is 0 Å². The van der Waals surface area contributed by atoms with E-state index in [-0.39, 0.29) is 0 Å². The third-order valence-corrected chi connectivity index (χ3v) is 4.43. The zero-order valence-electron chi connectivity index (χ0n) is 12.5. The first-order valence-electron chi connectivity index (χ1n) is 7.76. The van der Waals surface area contributed by atoms with E-state index >= 15 is 0 Å². The van der Waals surface area contributed by atoms with Gasteiger partial charge in [-0.25, -0.2) is 0 Å². The molecule has 0 saturated carbocycles. The van der Waals surface area contributed by atoms with Crippen LogP contribution in [0.4, 0.5) is 0 Å². The Kier molecular flexibility index (Phi) is 2.53. The summed E-state index contributed by atoms with van der Waals surface area (Å²) in [6.07, 6.45) is 1.99. The number of hydrogen-bond acceptors (Lipinski definition) is 1. The first kappa shape index (κ1) is 12.4. The fourth-order valence-corrected chi connectivity index (χ4v) is 3.45. The van der Waals surface area contributed by atoms with Gasteiger partial charge in [0.05, 0.1) is 22.7 Å². The standard InChI is InChI=1S/C21H14N2/c1-2-8-15(9-3-1)23-19-13-7-5-11-17(19)21-16-10-4-6-12-18(16)22-14-20(21)23/h1-14H. The molecule has 0 atom stereocenters. The van der Waals surface area contributed by atoms with Gasteiger partial charge in [-0.3, -0.25) is 4.98 Å². The predicted molar refractivity (Wildman–Crippen MR) is 96.1 cm³/mol. The number of fused-ring (bicyclic) bond motifs is 5. The molecule has 0 saturated heterocycles. The number of nitrogens with zero attached hydrogens (tertiary/aromatic N) is 2. The molecule has 5 rings (SSSR count). The monoisotopic (exact) mass is 294 g/mol. The lowest BCUT2D eigenvalue weighted by atomic mass is 10.1. The Labute approximate surface area is 133 Å². The highest BCUT2D eigenvalue weighted by molar-refractivity contribution is 6.20. The molecule has 0 spiro atoms. The summed E-state index contributed by atoms with van der Waals surface area (Å²) in [6.45, 7) is 0. The molecule has 0 fully saturated rings. The van der Waals surface area contributed by atoms with Gasteiger partial charge in [-0.1, -0.05) is 54.6 Å². The van der Waals surface area contributed by atoms with Crippen LogP contribution in [0.5, 0.6) is 0 Å². The zero-order chi connectivity index (χ0) is 15.2. The van der Waals surface area contributed by atoms with Gasteiger partial charge in [-0.2, -0.15) is 0 Å². The molecule has 2 nitrogen and oxygen atoms in total. The minimum absolute atomic E-state index is 1.04. The largest absolute Gasteiger partial charge is 0.308 e. The van der Waals surface area contributed by atoms with Crippen LogP contribution in [0.15, 0.2) is 85.1 Å². The molecule has 0 bridgehead atoms. The van der Waals surface area contributed by atoms with E-state index in [1.807, 2.05) is 18.3 Å². The molecule has 0 N–H and O–H groups in total. The molecule has 23 heavy (non-hydrogen) atoms. The Hall–Kier alpha value is -3.13. The maximum absolute atomic E-state index is 4.67. The molecule has 0 radical (unpaired) electrons. The lowest BCUT2D eigenvalue weighted by Gasteiger charge is -2.07. The van der Waals surface area contributed by atoms with E-state index in [1.165, 1.54) is 21.7 Å². The zero-order valence-corrected chi connectivity index (χ0v) is 12.5. The van der Waals surface area contributed by atoms with Crippen LogP contribution >= 0.6 is 0 Å². The topological polar surface area (TPSA) is 17.8 Å². The molecule has 0 unspecified atom stereocenters. The van der Waals surface area contributed by atoms with E-state index in [1.54, 1.807) is 0 Å². The number of pyridine rings is 1. The number of para-hydroxylation sites is 3. The number of hydrogen-bond donors (Lipinski definition) is 0.